The molecule has 0 bridgehead atoms. The van der Waals surface area contributed by atoms with E-state index in [0.29, 0.717) is 17.5 Å². The number of nitrogens with zero attached hydrogens (tertiary/aromatic N) is 2. The summed E-state index contributed by atoms with van der Waals surface area (Å²) < 4.78 is 56.2. The highest BCUT2D eigenvalue weighted by molar-refractivity contribution is 7.97. The number of alkyl halides is 4. The zero-order valence-corrected chi connectivity index (χ0v) is 16.8. The summed E-state index contributed by atoms with van der Waals surface area (Å²) in [5, 5.41) is 12.1. The van der Waals surface area contributed by atoms with Gasteiger partial charge in [0.15, 0.2) is 0 Å². The fraction of sp³-hybridized carbons (Fsp3) is 0.474. The van der Waals surface area contributed by atoms with Gasteiger partial charge in [0, 0.05) is 42.5 Å². The van der Waals surface area contributed by atoms with Gasteiger partial charge in [0.2, 0.25) is 5.92 Å². The molecule has 5 nitrogen and oxygen atoms in total. The molecule has 0 spiro atoms. The second kappa shape index (κ2) is 7.98. The third-order valence-electron chi connectivity index (χ3n) is 4.98. The zero-order valence-electron chi connectivity index (χ0n) is 16.0. The molecular formula is C19H22F4N4OS. The van der Waals surface area contributed by atoms with Crippen molar-refractivity contribution in [2.75, 3.05) is 5.32 Å². The van der Waals surface area contributed by atoms with Gasteiger partial charge in [-0.2, -0.15) is 13.9 Å². The maximum atomic E-state index is 14.0. The van der Waals surface area contributed by atoms with Crippen molar-refractivity contribution >= 4 is 23.5 Å². The topological polar surface area (TPSA) is 72.9 Å². The van der Waals surface area contributed by atoms with Crippen molar-refractivity contribution in [3.63, 3.8) is 0 Å². The molecule has 1 aromatic carbocycles. The number of halogens is 4. The highest BCUT2D eigenvalue weighted by Crippen LogP contribution is 2.40. The van der Waals surface area contributed by atoms with Crippen LogP contribution in [0.4, 0.5) is 23.2 Å². The first kappa shape index (κ1) is 21.6. The summed E-state index contributed by atoms with van der Waals surface area (Å²) in [5.74, 6) is -7.10. The van der Waals surface area contributed by atoms with Gasteiger partial charge in [-0.05, 0) is 49.4 Å². The number of anilines is 1. The van der Waals surface area contributed by atoms with Gasteiger partial charge < -0.3 is 5.32 Å². The maximum absolute atomic E-state index is 14.0. The monoisotopic (exact) mass is 430 g/mol. The number of amides is 1. The molecule has 0 aliphatic heterocycles. The summed E-state index contributed by atoms with van der Waals surface area (Å²) in [7, 11) is 0. The van der Waals surface area contributed by atoms with Gasteiger partial charge in [0.05, 0.1) is 0 Å². The van der Waals surface area contributed by atoms with Crippen LogP contribution >= 0.6 is 11.9 Å². The number of aromatic nitrogens is 2. The summed E-state index contributed by atoms with van der Waals surface area (Å²) in [6, 6.07) is 6.74. The van der Waals surface area contributed by atoms with E-state index in [1.165, 1.54) is 6.92 Å². The Bertz CT molecular complexity index is 910. The molecule has 10 heteroatoms. The van der Waals surface area contributed by atoms with Gasteiger partial charge in [-0.15, -0.1) is 0 Å². The van der Waals surface area contributed by atoms with Gasteiger partial charge in [0.1, 0.15) is 11.4 Å². The third-order valence-corrected chi connectivity index (χ3v) is 5.51. The summed E-state index contributed by atoms with van der Waals surface area (Å²) in [5.41, 5.74) is -0.111. The third kappa shape index (κ3) is 4.92. The Balaban J connectivity index is 1.92. The smallest absolute Gasteiger partial charge is 0.289 e. The molecule has 158 valence electrons. The van der Waals surface area contributed by atoms with Crippen LogP contribution in [0.3, 0.4) is 0 Å². The standard InChI is InChI=1S/C19H22F4N4OS/c1-11-15(17(28)25-13-4-3-5-14(8-13)29-24)27(26-16(11)18(2,20)21)10-12-6-7-19(22,23)9-12/h3-5,8,12H,6-7,9-10,24H2,1-2H3,(H,25,28)/t12-/m0/s1. The van der Waals surface area contributed by atoms with Crippen LogP contribution in [-0.2, 0) is 12.5 Å². The first-order chi connectivity index (χ1) is 13.5. The van der Waals surface area contributed by atoms with E-state index in [-0.39, 0.29) is 37.1 Å². The number of hydrogen-bond acceptors (Lipinski definition) is 4. The quantitative estimate of drug-likeness (QED) is 0.502. The van der Waals surface area contributed by atoms with E-state index in [9.17, 15) is 22.4 Å². The number of carbonyl (C=O) groups excluding carboxylic acids is 1. The Hall–Kier alpha value is -2.07. The summed E-state index contributed by atoms with van der Waals surface area (Å²) in [4.78, 5) is 13.6. The van der Waals surface area contributed by atoms with Crippen molar-refractivity contribution in [3.05, 3.63) is 41.2 Å². The minimum Gasteiger partial charge on any atom is -0.321 e. The highest BCUT2D eigenvalue weighted by Gasteiger charge is 2.41. The average Bonchev–Trinajstić information content (AvgIpc) is 3.13. The van der Waals surface area contributed by atoms with E-state index in [2.05, 4.69) is 10.4 Å². The van der Waals surface area contributed by atoms with E-state index < -0.39 is 29.4 Å². The minimum absolute atomic E-state index is 0.0199. The number of benzene rings is 1. The van der Waals surface area contributed by atoms with Gasteiger partial charge in [-0.3, -0.25) is 14.6 Å². The molecule has 1 atom stereocenters. The fourth-order valence-electron chi connectivity index (χ4n) is 3.67. The van der Waals surface area contributed by atoms with Gasteiger partial charge in [-0.1, -0.05) is 6.07 Å². The number of hydrogen-bond donors (Lipinski definition) is 2. The van der Waals surface area contributed by atoms with E-state index in [0.717, 1.165) is 16.6 Å². The van der Waals surface area contributed by atoms with Crippen molar-refractivity contribution in [1.29, 1.82) is 0 Å². The molecule has 0 radical (unpaired) electrons. The molecule has 3 rings (SSSR count). The average molecular weight is 430 g/mol. The highest BCUT2D eigenvalue weighted by atomic mass is 32.2. The lowest BCUT2D eigenvalue weighted by Gasteiger charge is -2.14. The molecule has 1 amide bonds. The maximum Gasteiger partial charge on any atom is 0.289 e. The Kier molecular flexibility index (Phi) is 5.96. The minimum atomic E-state index is -3.26. The van der Waals surface area contributed by atoms with Crippen molar-refractivity contribution in [3.8, 4) is 0 Å². The van der Waals surface area contributed by atoms with Gasteiger partial charge in [-0.25, -0.2) is 8.78 Å². The first-order valence-electron chi connectivity index (χ1n) is 9.12. The molecule has 1 heterocycles. The predicted octanol–water partition coefficient (Wildman–Crippen LogP) is 4.96. The fourth-order valence-corrected chi connectivity index (χ4v) is 4.02. The molecule has 3 N–H and O–H groups in total. The molecule has 0 unspecified atom stereocenters. The molecule has 1 fully saturated rings. The molecule has 1 aromatic heterocycles. The Morgan fingerprint density at radius 2 is 2.17 bits per heavy atom. The van der Waals surface area contributed by atoms with Crippen molar-refractivity contribution in [1.82, 2.24) is 9.78 Å². The molecule has 1 aliphatic carbocycles. The lowest BCUT2D eigenvalue weighted by atomic mass is 10.1. The largest absolute Gasteiger partial charge is 0.321 e. The van der Waals surface area contributed by atoms with Crippen LogP contribution in [0.2, 0.25) is 0 Å². The van der Waals surface area contributed by atoms with E-state index in [1.54, 1.807) is 24.3 Å². The van der Waals surface area contributed by atoms with Crippen LogP contribution in [0.25, 0.3) is 0 Å². The Morgan fingerprint density at radius 1 is 1.45 bits per heavy atom. The second-order valence-corrected chi connectivity index (χ2v) is 8.16. The second-order valence-electron chi connectivity index (χ2n) is 7.46. The van der Waals surface area contributed by atoms with E-state index in [1.807, 2.05) is 0 Å². The van der Waals surface area contributed by atoms with Crippen LogP contribution in [0.15, 0.2) is 29.2 Å². The number of carbonyl (C=O) groups is 1. The summed E-state index contributed by atoms with van der Waals surface area (Å²) >= 11 is 1.00. The number of nitrogens with one attached hydrogen (secondary N) is 1. The predicted molar refractivity (Wildman–Crippen MR) is 103 cm³/mol. The van der Waals surface area contributed by atoms with Crippen LogP contribution in [0.5, 0.6) is 0 Å². The molecule has 1 saturated carbocycles. The Morgan fingerprint density at radius 3 is 2.76 bits per heavy atom. The van der Waals surface area contributed by atoms with Crippen molar-refractivity contribution in [2.24, 2.45) is 11.1 Å². The summed E-state index contributed by atoms with van der Waals surface area (Å²) in [6.45, 7) is 2.06. The molecule has 29 heavy (non-hydrogen) atoms. The van der Waals surface area contributed by atoms with Gasteiger partial charge in [0.25, 0.3) is 11.8 Å². The van der Waals surface area contributed by atoms with Crippen LogP contribution in [-0.4, -0.2) is 21.6 Å². The SMILES string of the molecule is Cc1c(C(C)(F)F)nn(C[C@H]2CCC(F)(F)C2)c1C(=O)Nc1cccc(SN)c1. The number of nitrogens with two attached hydrogens (primary N) is 1. The van der Waals surface area contributed by atoms with E-state index >= 15 is 0 Å². The molecule has 0 saturated heterocycles. The van der Waals surface area contributed by atoms with E-state index in [4.69, 9.17) is 5.14 Å². The van der Waals surface area contributed by atoms with Crippen LogP contribution in [0.1, 0.15) is 47.9 Å². The first-order valence-corrected chi connectivity index (χ1v) is 10.00. The zero-order chi connectivity index (χ0) is 21.4. The molecular weight excluding hydrogens is 408 g/mol. The number of rotatable bonds is 6. The Labute approximate surface area is 170 Å². The van der Waals surface area contributed by atoms with Crippen molar-refractivity contribution < 1.29 is 22.4 Å². The molecule has 1 aliphatic rings. The lowest BCUT2D eigenvalue weighted by molar-refractivity contribution is 0.00345. The van der Waals surface area contributed by atoms with Crippen LogP contribution in [0, 0.1) is 12.8 Å². The summed E-state index contributed by atoms with van der Waals surface area (Å²) in [6.07, 6.45) is -0.346. The normalized spacial score (nSPS) is 18.8. The molecule has 2 aromatic rings. The lowest BCUT2D eigenvalue weighted by Crippen LogP contribution is -2.21. The van der Waals surface area contributed by atoms with Crippen molar-refractivity contribution in [2.45, 2.75) is 56.4 Å². The van der Waals surface area contributed by atoms with Gasteiger partial charge >= 0.3 is 0 Å². The van der Waals surface area contributed by atoms with Crippen LogP contribution < -0.4 is 10.5 Å².